The molecule has 1 aromatic carbocycles. The molecule has 19 heavy (non-hydrogen) atoms. The van der Waals surface area contributed by atoms with Gasteiger partial charge in [0, 0.05) is 10.2 Å². The fraction of sp³-hybridized carbons (Fsp3) is 0.267. The molecule has 3 nitrogen and oxygen atoms in total. The van der Waals surface area contributed by atoms with Crippen LogP contribution in [0.2, 0.25) is 0 Å². The summed E-state index contributed by atoms with van der Waals surface area (Å²) >= 11 is 3.43. The second-order valence-electron chi connectivity index (χ2n) is 4.99. The molecule has 0 fully saturated rings. The van der Waals surface area contributed by atoms with Crippen molar-refractivity contribution in [1.29, 1.82) is 0 Å². The molecule has 1 aromatic heterocycles. The molecule has 4 heteroatoms. The van der Waals surface area contributed by atoms with Crippen LogP contribution in [-0.4, -0.2) is 16.1 Å². The predicted octanol–water partition coefficient (Wildman–Crippen LogP) is 3.75. The van der Waals surface area contributed by atoms with Gasteiger partial charge in [-0.3, -0.25) is 0 Å². The van der Waals surface area contributed by atoms with E-state index in [-0.39, 0.29) is 0 Å². The molecule has 1 heterocycles. The van der Waals surface area contributed by atoms with Gasteiger partial charge in [0.1, 0.15) is 5.69 Å². The molecule has 2 N–H and O–H groups in total. The summed E-state index contributed by atoms with van der Waals surface area (Å²) in [6, 6.07) is 10.1. The summed E-state index contributed by atoms with van der Waals surface area (Å²) in [6.45, 7) is 0. The third-order valence-corrected chi connectivity index (χ3v) is 4.27. The minimum Gasteiger partial charge on any atom is -0.477 e. The van der Waals surface area contributed by atoms with Gasteiger partial charge in [-0.2, -0.15) is 0 Å². The third kappa shape index (κ3) is 2.45. The van der Waals surface area contributed by atoms with Gasteiger partial charge in [-0.15, -0.1) is 0 Å². The number of fused-ring (bicyclic) bond motifs is 1. The quantitative estimate of drug-likeness (QED) is 0.905. The summed E-state index contributed by atoms with van der Waals surface area (Å²) in [5, 5.41) is 9.01. The minimum atomic E-state index is -0.878. The normalized spacial score (nSPS) is 17.4. The van der Waals surface area contributed by atoms with Crippen LogP contribution in [0, 0.1) is 0 Å². The number of carboxylic acids is 1. The van der Waals surface area contributed by atoms with Crippen LogP contribution in [0.5, 0.6) is 0 Å². The van der Waals surface area contributed by atoms with Crippen LogP contribution in [0.15, 0.2) is 34.8 Å². The van der Waals surface area contributed by atoms with Crippen molar-refractivity contribution in [2.24, 2.45) is 0 Å². The van der Waals surface area contributed by atoms with E-state index in [1.807, 2.05) is 12.1 Å². The first-order valence-electron chi connectivity index (χ1n) is 6.33. The summed E-state index contributed by atoms with van der Waals surface area (Å²) < 4.78 is 1.08. The molecule has 1 aliphatic rings. The van der Waals surface area contributed by atoms with E-state index in [9.17, 15) is 4.79 Å². The Morgan fingerprint density at radius 3 is 2.79 bits per heavy atom. The number of aromatic amines is 1. The zero-order valence-electron chi connectivity index (χ0n) is 10.3. The number of halogens is 1. The lowest BCUT2D eigenvalue weighted by Gasteiger charge is -2.10. The Morgan fingerprint density at radius 1 is 1.37 bits per heavy atom. The van der Waals surface area contributed by atoms with Gasteiger partial charge in [0.15, 0.2) is 0 Å². The Kier molecular flexibility index (Phi) is 3.19. The van der Waals surface area contributed by atoms with Crippen LogP contribution in [0.25, 0.3) is 0 Å². The van der Waals surface area contributed by atoms with Crippen LogP contribution in [0.1, 0.15) is 39.6 Å². The first-order chi connectivity index (χ1) is 9.13. The highest BCUT2D eigenvalue weighted by Crippen LogP contribution is 2.36. The van der Waals surface area contributed by atoms with Crippen LogP contribution in [0.3, 0.4) is 0 Å². The molecule has 0 radical (unpaired) electrons. The highest BCUT2D eigenvalue weighted by Gasteiger charge is 2.26. The largest absolute Gasteiger partial charge is 0.477 e. The monoisotopic (exact) mass is 319 g/mol. The number of carboxylic acid groups (broad SMARTS) is 1. The highest BCUT2D eigenvalue weighted by molar-refractivity contribution is 9.10. The van der Waals surface area contributed by atoms with Crippen molar-refractivity contribution in [2.45, 2.75) is 25.2 Å². The van der Waals surface area contributed by atoms with Crippen LogP contribution in [0.4, 0.5) is 0 Å². The predicted molar refractivity (Wildman–Crippen MR) is 76.7 cm³/mol. The standard InChI is InChI=1S/C15H14BrNO2/c16-11-4-1-9(2-5-11)7-10-3-6-13-12(10)8-14(17-13)15(18)19/h1-2,4-5,8,10,17H,3,6-7H2,(H,18,19). The van der Waals surface area contributed by atoms with Crippen molar-refractivity contribution >= 4 is 21.9 Å². The topological polar surface area (TPSA) is 53.1 Å². The lowest BCUT2D eigenvalue weighted by molar-refractivity contribution is 0.0691. The van der Waals surface area contributed by atoms with Gasteiger partial charge >= 0.3 is 5.97 Å². The number of nitrogens with one attached hydrogen (secondary N) is 1. The Morgan fingerprint density at radius 2 is 2.11 bits per heavy atom. The van der Waals surface area contributed by atoms with Crippen LogP contribution in [-0.2, 0) is 12.8 Å². The maximum absolute atomic E-state index is 11.0. The fourth-order valence-electron chi connectivity index (χ4n) is 2.79. The molecule has 0 saturated carbocycles. The van der Waals surface area contributed by atoms with Crippen molar-refractivity contribution in [1.82, 2.24) is 4.98 Å². The number of hydrogen-bond donors (Lipinski definition) is 2. The van der Waals surface area contributed by atoms with Gasteiger partial charge in [-0.25, -0.2) is 4.79 Å². The number of aromatic carboxylic acids is 1. The first kappa shape index (κ1) is 12.5. The van der Waals surface area contributed by atoms with E-state index in [1.54, 1.807) is 6.07 Å². The highest BCUT2D eigenvalue weighted by atomic mass is 79.9. The van der Waals surface area contributed by atoms with E-state index in [2.05, 4.69) is 33.0 Å². The first-order valence-corrected chi connectivity index (χ1v) is 7.12. The lowest BCUT2D eigenvalue weighted by Crippen LogP contribution is -1.99. The number of aryl methyl sites for hydroxylation is 1. The lowest BCUT2D eigenvalue weighted by atomic mass is 9.95. The molecule has 0 saturated heterocycles. The molecule has 0 spiro atoms. The number of hydrogen-bond acceptors (Lipinski definition) is 1. The van der Waals surface area contributed by atoms with E-state index in [0.29, 0.717) is 11.6 Å². The van der Waals surface area contributed by atoms with Crippen molar-refractivity contribution < 1.29 is 9.90 Å². The molecule has 3 rings (SSSR count). The van der Waals surface area contributed by atoms with Crippen molar-refractivity contribution in [3.8, 4) is 0 Å². The molecule has 0 bridgehead atoms. The third-order valence-electron chi connectivity index (χ3n) is 3.74. The maximum Gasteiger partial charge on any atom is 0.352 e. The van der Waals surface area contributed by atoms with Crippen LogP contribution < -0.4 is 0 Å². The van der Waals surface area contributed by atoms with Gasteiger partial charge in [0.2, 0.25) is 0 Å². The average molecular weight is 320 g/mol. The molecule has 0 aliphatic heterocycles. The van der Waals surface area contributed by atoms with E-state index < -0.39 is 5.97 Å². The molecule has 1 aliphatic carbocycles. The Hall–Kier alpha value is -1.55. The number of aromatic nitrogens is 1. The summed E-state index contributed by atoms with van der Waals surface area (Å²) in [6.07, 6.45) is 3.01. The van der Waals surface area contributed by atoms with Gasteiger partial charge in [-0.1, -0.05) is 28.1 Å². The Bertz CT molecular complexity index is 616. The minimum absolute atomic E-state index is 0.311. The smallest absolute Gasteiger partial charge is 0.352 e. The fourth-order valence-corrected chi connectivity index (χ4v) is 3.06. The molecule has 98 valence electrons. The molecule has 1 unspecified atom stereocenters. The molecule has 0 amide bonds. The van der Waals surface area contributed by atoms with Crippen molar-refractivity contribution in [3.63, 3.8) is 0 Å². The Labute approximate surface area is 119 Å². The van der Waals surface area contributed by atoms with Gasteiger partial charge in [0.25, 0.3) is 0 Å². The van der Waals surface area contributed by atoms with E-state index in [0.717, 1.165) is 29.4 Å². The summed E-state index contributed by atoms with van der Waals surface area (Å²) in [7, 11) is 0. The van der Waals surface area contributed by atoms with Crippen LogP contribution >= 0.6 is 15.9 Å². The molecule has 2 aromatic rings. The summed E-state index contributed by atoms with van der Waals surface area (Å²) in [5.74, 6) is -0.447. The van der Waals surface area contributed by atoms with E-state index in [4.69, 9.17) is 5.11 Å². The zero-order chi connectivity index (χ0) is 13.4. The SMILES string of the molecule is O=C(O)c1cc2c([nH]1)CCC2Cc1ccc(Br)cc1. The van der Waals surface area contributed by atoms with Gasteiger partial charge in [-0.05, 0) is 54.5 Å². The number of H-pyrrole nitrogens is 1. The second kappa shape index (κ2) is 4.85. The van der Waals surface area contributed by atoms with E-state index >= 15 is 0 Å². The van der Waals surface area contributed by atoms with Gasteiger partial charge in [0.05, 0.1) is 0 Å². The molecule has 1 atom stereocenters. The van der Waals surface area contributed by atoms with Crippen molar-refractivity contribution in [3.05, 3.63) is 57.3 Å². The molecular weight excluding hydrogens is 306 g/mol. The summed E-state index contributed by atoms with van der Waals surface area (Å²) in [5.41, 5.74) is 3.88. The summed E-state index contributed by atoms with van der Waals surface area (Å²) in [4.78, 5) is 14.0. The average Bonchev–Trinajstić information content (AvgIpc) is 2.94. The Balaban J connectivity index is 1.82. The number of benzene rings is 1. The van der Waals surface area contributed by atoms with Gasteiger partial charge < -0.3 is 10.1 Å². The number of rotatable bonds is 3. The van der Waals surface area contributed by atoms with E-state index in [1.165, 1.54) is 11.1 Å². The van der Waals surface area contributed by atoms with Crippen molar-refractivity contribution in [2.75, 3.05) is 0 Å². The maximum atomic E-state index is 11.0. The second-order valence-corrected chi connectivity index (χ2v) is 5.90. The number of carbonyl (C=O) groups is 1. The zero-order valence-corrected chi connectivity index (χ0v) is 11.9. The molecular formula is C15H14BrNO2.